The van der Waals surface area contributed by atoms with Crippen LogP contribution < -0.4 is 4.90 Å². The summed E-state index contributed by atoms with van der Waals surface area (Å²) in [7, 11) is -4.92. The molecule has 1 amide bonds. The number of benzene rings is 1. The van der Waals surface area contributed by atoms with Crippen molar-refractivity contribution in [2.45, 2.75) is 22.1 Å². The molecular weight excluding hydrogens is 334 g/mol. The lowest BCUT2D eigenvalue weighted by molar-refractivity contribution is -0.117. The number of para-hydroxylation sites is 1. The monoisotopic (exact) mass is 343 g/mol. The molecule has 1 fully saturated rings. The number of rotatable bonds is 3. The minimum absolute atomic E-state index is 0.0732. The van der Waals surface area contributed by atoms with E-state index in [9.17, 15) is 30.3 Å². The number of anilines is 1. The van der Waals surface area contributed by atoms with Gasteiger partial charge >= 0.3 is 15.7 Å². The van der Waals surface area contributed by atoms with Gasteiger partial charge in [0.1, 0.15) is 5.25 Å². The Morgan fingerprint density at radius 1 is 1.24 bits per heavy atom. The summed E-state index contributed by atoms with van der Waals surface area (Å²) in [5, 5.41) is -1.55. The van der Waals surface area contributed by atoms with Crippen LogP contribution in [-0.2, 0) is 15.0 Å². The Kier molecular flexibility index (Phi) is 4.20. The largest absolute Gasteiger partial charge is 0.446 e. The summed E-state index contributed by atoms with van der Waals surface area (Å²) >= 11 is -0.412. The molecule has 1 aliphatic rings. The van der Waals surface area contributed by atoms with Gasteiger partial charge in [-0.05, 0) is 23.9 Å². The van der Waals surface area contributed by atoms with Crippen LogP contribution in [0.15, 0.2) is 29.2 Å². The average Bonchev–Trinajstić information content (AvgIpc) is 2.70. The Morgan fingerprint density at radius 2 is 1.86 bits per heavy atom. The number of alkyl halides is 3. The van der Waals surface area contributed by atoms with Gasteiger partial charge in [-0.3, -0.25) is 4.79 Å². The highest BCUT2D eigenvalue weighted by atomic mass is 32.3. The Bertz CT molecular complexity index is 660. The Labute approximate surface area is 122 Å². The lowest BCUT2D eigenvalue weighted by atomic mass is 10.3. The third-order valence-electron chi connectivity index (χ3n) is 2.87. The molecule has 1 atom stereocenters. The summed E-state index contributed by atoms with van der Waals surface area (Å²) in [4.78, 5) is 12.4. The summed E-state index contributed by atoms with van der Waals surface area (Å²) in [5.74, 6) is -0.726. The fourth-order valence-corrected chi connectivity index (χ4v) is 3.33. The first-order valence-corrected chi connectivity index (χ1v) is 7.93. The summed E-state index contributed by atoms with van der Waals surface area (Å²) in [6.45, 7) is -0.493. The third kappa shape index (κ3) is 3.88. The maximum atomic E-state index is 12.9. The minimum Gasteiger partial charge on any atom is -0.310 e. The molecule has 1 unspecified atom stereocenters. The van der Waals surface area contributed by atoms with Crippen LogP contribution in [0.1, 0.15) is 6.42 Å². The lowest BCUT2D eigenvalue weighted by Crippen LogP contribution is -2.27. The summed E-state index contributed by atoms with van der Waals surface area (Å²) in [5.41, 5.74) is -4.62. The van der Waals surface area contributed by atoms with Crippen molar-refractivity contribution in [3.63, 3.8) is 0 Å². The highest BCUT2D eigenvalue weighted by Crippen LogP contribution is 2.42. The predicted molar refractivity (Wildman–Crippen MR) is 69.1 cm³/mol. The van der Waals surface area contributed by atoms with Crippen molar-refractivity contribution in [1.29, 1.82) is 0 Å². The fraction of sp³-hybridized carbons (Fsp3) is 0.364. The Morgan fingerprint density at radius 3 is 2.38 bits per heavy atom. The molecule has 4 nitrogen and oxygen atoms in total. The molecule has 1 saturated heterocycles. The minimum atomic E-state index is -4.92. The maximum Gasteiger partial charge on any atom is 0.446 e. The molecule has 1 heterocycles. The van der Waals surface area contributed by atoms with Crippen LogP contribution in [0.5, 0.6) is 0 Å². The standard InChI is InChI=1S/C11H9F4NO3S2/c12-11(13,14)20-9-4-2-1-3-8(9)16-6-7(5-10(16)17)21(15,18)19/h1-4,7H,5-6H2. The number of carbonyl (C=O) groups is 1. The van der Waals surface area contributed by atoms with Crippen LogP contribution in [0.4, 0.5) is 22.7 Å². The highest BCUT2D eigenvalue weighted by Gasteiger charge is 2.40. The second-order valence-corrected chi connectivity index (χ2v) is 7.05. The molecule has 1 aliphatic heterocycles. The van der Waals surface area contributed by atoms with Crippen LogP contribution in [-0.4, -0.2) is 31.6 Å². The van der Waals surface area contributed by atoms with Crippen molar-refractivity contribution in [2.75, 3.05) is 11.4 Å². The molecule has 1 aromatic rings. The SMILES string of the molecule is O=C1CC(S(=O)(=O)F)CN1c1ccccc1SC(F)(F)F. The van der Waals surface area contributed by atoms with Gasteiger partial charge < -0.3 is 4.90 Å². The second-order valence-electron chi connectivity index (χ2n) is 4.32. The molecule has 0 radical (unpaired) electrons. The van der Waals surface area contributed by atoms with Crippen LogP contribution in [0.25, 0.3) is 0 Å². The second kappa shape index (κ2) is 5.48. The lowest BCUT2D eigenvalue weighted by Gasteiger charge is -2.20. The zero-order valence-electron chi connectivity index (χ0n) is 10.3. The first kappa shape index (κ1) is 16.1. The molecule has 0 aromatic heterocycles. The van der Waals surface area contributed by atoms with E-state index in [1.54, 1.807) is 0 Å². The number of hydrogen-bond acceptors (Lipinski definition) is 4. The topological polar surface area (TPSA) is 54.5 Å². The van der Waals surface area contributed by atoms with Crippen molar-refractivity contribution in [3.05, 3.63) is 24.3 Å². The first-order valence-electron chi connectivity index (χ1n) is 5.66. The Hall–Kier alpha value is -1.29. The van der Waals surface area contributed by atoms with Gasteiger partial charge in [0.05, 0.1) is 5.69 Å². The number of halogens is 4. The summed E-state index contributed by atoms with van der Waals surface area (Å²) in [6, 6.07) is 5.21. The van der Waals surface area contributed by atoms with E-state index in [1.165, 1.54) is 18.2 Å². The van der Waals surface area contributed by atoms with Crippen molar-refractivity contribution >= 4 is 33.6 Å². The first-order chi connectivity index (χ1) is 9.58. The van der Waals surface area contributed by atoms with Crippen LogP contribution >= 0.6 is 11.8 Å². The van der Waals surface area contributed by atoms with E-state index >= 15 is 0 Å². The molecule has 0 spiro atoms. The molecule has 21 heavy (non-hydrogen) atoms. The van der Waals surface area contributed by atoms with E-state index in [1.807, 2.05) is 0 Å². The average molecular weight is 343 g/mol. The zero-order valence-corrected chi connectivity index (χ0v) is 11.9. The molecule has 116 valence electrons. The highest BCUT2D eigenvalue weighted by molar-refractivity contribution is 8.00. The van der Waals surface area contributed by atoms with Gasteiger partial charge in [0, 0.05) is 17.9 Å². The third-order valence-corrected chi connectivity index (χ3v) is 4.78. The molecule has 0 bridgehead atoms. The fourth-order valence-electron chi connectivity index (χ4n) is 1.99. The van der Waals surface area contributed by atoms with E-state index in [0.29, 0.717) is 0 Å². The smallest absolute Gasteiger partial charge is 0.310 e. The van der Waals surface area contributed by atoms with Crippen molar-refractivity contribution < 1.29 is 30.3 Å². The quantitative estimate of drug-likeness (QED) is 0.481. The van der Waals surface area contributed by atoms with Crippen molar-refractivity contribution in [2.24, 2.45) is 0 Å². The van der Waals surface area contributed by atoms with E-state index in [4.69, 9.17) is 0 Å². The molecule has 1 aromatic carbocycles. The number of nitrogens with zero attached hydrogens (tertiary/aromatic N) is 1. The maximum absolute atomic E-state index is 12.9. The van der Waals surface area contributed by atoms with Gasteiger partial charge in [0.25, 0.3) is 0 Å². The normalized spacial score (nSPS) is 20.1. The van der Waals surface area contributed by atoms with Gasteiger partial charge in [-0.1, -0.05) is 12.1 Å². The van der Waals surface area contributed by atoms with E-state index < -0.39 is 51.6 Å². The van der Waals surface area contributed by atoms with Gasteiger partial charge in [-0.25, -0.2) is 0 Å². The number of hydrogen-bond donors (Lipinski definition) is 0. The van der Waals surface area contributed by atoms with Gasteiger partial charge in [0.15, 0.2) is 0 Å². The molecule has 0 saturated carbocycles. The van der Waals surface area contributed by atoms with Crippen LogP contribution in [0.2, 0.25) is 0 Å². The van der Waals surface area contributed by atoms with Crippen LogP contribution in [0.3, 0.4) is 0 Å². The van der Waals surface area contributed by atoms with E-state index in [-0.39, 0.29) is 10.6 Å². The van der Waals surface area contributed by atoms with Gasteiger partial charge in [-0.2, -0.15) is 21.6 Å². The molecule has 0 aliphatic carbocycles. The summed E-state index contributed by atoms with van der Waals surface area (Å²) in [6.07, 6.45) is -0.580. The van der Waals surface area contributed by atoms with Crippen molar-refractivity contribution in [3.8, 4) is 0 Å². The van der Waals surface area contributed by atoms with Gasteiger partial charge in [-0.15, -0.1) is 3.89 Å². The predicted octanol–water partition coefficient (Wildman–Crippen LogP) is 2.70. The summed E-state index contributed by atoms with van der Waals surface area (Å²) < 4.78 is 72.0. The molecular formula is C11H9F4NO3S2. The number of amides is 1. The number of thioether (sulfide) groups is 1. The Balaban J connectivity index is 2.33. The zero-order chi connectivity index (χ0) is 15.8. The molecule has 10 heteroatoms. The van der Waals surface area contributed by atoms with Gasteiger partial charge in [0.2, 0.25) is 5.91 Å². The van der Waals surface area contributed by atoms with Crippen molar-refractivity contribution in [1.82, 2.24) is 0 Å². The molecule has 0 N–H and O–H groups in total. The van der Waals surface area contributed by atoms with E-state index in [2.05, 4.69) is 0 Å². The number of carbonyl (C=O) groups excluding carboxylic acids is 1. The van der Waals surface area contributed by atoms with Crippen LogP contribution in [0, 0.1) is 0 Å². The molecule has 2 rings (SSSR count). The van der Waals surface area contributed by atoms with E-state index in [0.717, 1.165) is 11.0 Å².